The number of rotatable bonds is 3. The van der Waals surface area contributed by atoms with E-state index in [0.29, 0.717) is 0 Å². The Labute approximate surface area is 130 Å². The van der Waals surface area contributed by atoms with E-state index in [9.17, 15) is 9.59 Å². The quantitative estimate of drug-likeness (QED) is 0.444. The minimum Gasteiger partial charge on any atom is -0.469 e. The first-order valence-electron chi connectivity index (χ1n) is 7.09. The van der Waals surface area contributed by atoms with Crippen molar-refractivity contribution in [2.24, 2.45) is 5.92 Å². The molecule has 1 amide bonds. The van der Waals surface area contributed by atoms with Gasteiger partial charge in [-0.2, -0.15) is 0 Å². The molecule has 2 rings (SSSR count). The predicted octanol–water partition coefficient (Wildman–Crippen LogP) is 1.32. The highest BCUT2D eigenvalue weighted by atomic mass is 16.7. The summed E-state index contributed by atoms with van der Waals surface area (Å²) in [7, 11) is 4.19. The lowest BCUT2D eigenvalue weighted by molar-refractivity contribution is -0.238. The average Bonchev–Trinajstić information content (AvgIpc) is 2.98. The van der Waals surface area contributed by atoms with Gasteiger partial charge in [0.2, 0.25) is 5.79 Å². The van der Waals surface area contributed by atoms with Gasteiger partial charge in [0.15, 0.2) is 0 Å². The molecule has 2 aliphatic rings. The van der Waals surface area contributed by atoms with Crippen molar-refractivity contribution in [3.8, 4) is 0 Å². The summed E-state index contributed by atoms with van der Waals surface area (Å²) in [5.74, 6) is -2.53. The SMILES string of the molecule is COC(=O)C1[C@@H]2C=C[C@@H](N2C(=O)OC(C)(C)C)C1(OC)OC. The number of methoxy groups -OCH3 is 3. The highest BCUT2D eigenvalue weighted by molar-refractivity contribution is 5.80. The molecule has 0 aromatic carbocycles. The number of nitrogens with zero attached hydrogens (tertiary/aromatic N) is 1. The first-order chi connectivity index (χ1) is 10.2. The van der Waals surface area contributed by atoms with Crippen molar-refractivity contribution < 1.29 is 28.5 Å². The molecule has 2 aliphatic heterocycles. The molecule has 3 atom stereocenters. The van der Waals surface area contributed by atoms with Gasteiger partial charge in [-0.1, -0.05) is 12.2 Å². The maximum Gasteiger partial charge on any atom is 0.411 e. The summed E-state index contributed by atoms with van der Waals surface area (Å²) < 4.78 is 21.3. The lowest BCUT2D eigenvalue weighted by atomic mass is 9.87. The van der Waals surface area contributed by atoms with Gasteiger partial charge in [0.1, 0.15) is 17.6 Å². The first-order valence-corrected chi connectivity index (χ1v) is 7.09. The third-order valence-electron chi connectivity index (χ3n) is 4.00. The number of carbonyl (C=O) groups excluding carboxylic acids is 2. The highest BCUT2D eigenvalue weighted by Gasteiger charge is 2.67. The van der Waals surface area contributed by atoms with Gasteiger partial charge in [0, 0.05) is 14.2 Å². The molecule has 0 radical (unpaired) electrons. The van der Waals surface area contributed by atoms with Gasteiger partial charge < -0.3 is 18.9 Å². The van der Waals surface area contributed by atoms with Crippen molar-refractivity contribution in [3.63, 3.8) is 0 Å². The molecule has 1 saturated heterocycles. The van der Waals surface area contributed by atoms with Crippen molar-refractivity contribution >= 4 is 12.1 Å². The van der Waals surface area contributed by atoms with E-state index in [1.807, 2.05) is 0 Å². The summed E-state index contributed by atoms with van der Waals surface area (Å²) in [5, 5.41) is 0. The second-order valence-electron chi connectivity index (χ2n) is 6.34. The molecule has 1 fully saturated rings. The summed E-state index contributed by atoms with van der Waals surface area (Å²) in [5.41, 5.74) is -0.636. The zero-order valence-corrected chi connectivity index (χ0v) is 13.8. The van der Waals surface area contributed by atoms with E-state index >= 15 is 0 Å². The Morgan fingerprint density at radius 3 is 2.14 bits per heavy atom. The number of hydrogen-bond acceptors (Lipinski definition) is 6. The summed E-state index contributed by atoms with van der Waals surface area (Å²) in [6.45, 7) is 5.36. The summed E-state index contributed by atoms with van der Waals surface area (Å²) in [6, 6.07) is -1.07. The fourth-order valence-electron chi connectivity index (χ4n) is 3.17. The molecule has 2 heterocycles. The van der Waals surface area contributed by atoms with Crippen molar-refractivity contribution in [1.29, 1.82) is 0 Å². The van der Waals surface area contributed by atoms with Crippen molar-refractivity contribution in [3.05, 3.63) is 12.2 Å². The van der Waals surface area contributed by atoms with Crippen LogP contribution in [0.3, 0.4) is 0 Å². The number of carbonyl (C=O) groups is 2. The molecule has 7 nitrogen and oxygen atoms in total. The van der Waals surface area contributed by atoms with Crippen LogP contribution in [-0.4, -0.2) is 61.8 Å². The zero-order chi connectivity index (χ0) is 16.7. The van der Waals surface area contributed by atoms with Gasteiger partial charge in [-0.15, -0.1) is 0 Å². The topological polar surface area (TPSA) is 74.3 Å². The second-order valence-corrected chi connectivity index (χ2v) is 6.34. The summed E-state index contributed by atoms with van der Waals surface area (Å²) in [4.78, 5) is 26.2. The Hall–Kier alpha value is -1.60. The van der Waals surface area contributed by atoms with Crippen LogP contribution in [0.4, 0.5) is 4.79 Å². The molecule has 2 bridgehead atoms. The van der Waals surface area contributed by atoms with E-state index in [1.165, 1.54) is 26.2 Å². The van der Waals surface area contributed by atoms with Crippen LogP contribution in [0.5, 0.6) is 0 Å². The van der Waals surface area contributed by atoms with Crippen molar-refractivity contribution in [2.45, 2.75) is 44.2 Å². The number of ether oxygens (including phenoxy) is 4. The fourth-order valence-corrected chi connectivity index (χ4v) is 3.17. The average molecular weight is 313 g/mol. The van der Waals surface area contributed by atoms with Crippen molar-refractivity contribution in [2.75, 3.05) is 21.3 Å². The molecule has 0 N–H and O–H groups in total. The van der Waals surface area contributed by atoms with Crippen LogP contribution < -0.4 is 0 Å². The summed E-state index contributed by atoms with van der Waals surface area (Å²) >= 11 is 0. The standard InChI is InChI=1S/C15H23NO6/c1-14(2,3)22-13(18)16-9-7-8-10(16)15(20-5,21-6)11(9)12(17)19-4/h7-11H,1-6H3/t9-,10+,11?/m0/s1. The molecular weight excluding hydrogens is 290 g/mol. The largest absolute Gasteiger partial charge is 0.469 e. The van der Waals surface area contributed by atoms with E-state index < -0.39 is 41.5 Å². The third kappa shape index (κ3) is 2.38. The third-order valence-corrected chi connectivity index (χ3v) is 4.00. The van der Waals surface area contributed by atoms with Gasteiger partial charge >= 0.3 is 12.1 Å². The number of hydrogen-bond donors (Lipinski definition) is 0. The molecule has 0 saturated carbocycles. The smallest absolute Gasteiger partial charge is 0.411 e. The maximum absolute atomic E-state index is 12.5. The Morgan fingerprint density at radius 1 is 1.09 bits per heavy atom. The minimum atomic E-state index is -1.27. The molecular formula is C15H23NO6. The van der Waals surface area contributed by atoms with Crippen LogP contribution in [0.25, 0.3) is 0 Å². The van der Waals surface area contributed by atoms with E-state index in [1.54, 1.807) is 32.9 Å². The van der Waals surface area contributed by atoms with Crippen LogP contribution >= 0.6 is 0 Å². The van der Waals surface area contributed by atoms with Crippen LogP contribution in [0.1, 0.15) is 20.8 Å². The first kappa shape index (κ1) is 16.8. The van der Waals surface area contributed by atoms with Gasteiger partial charge in [0.25, 0.3) is 0 Å². The zero-order valence-electron chi connectivity index (χ0n) is 13.8. The van der Waals surface area contributed by atoms with Crippen LogP contribution in [-0.2, 0) is 23.7 Å². The molecule has 0 aromatic rings. The molecule has 124 valence electrons. The van der Waals surface area contributed by atoms with Gasteiger partial charge in [0.05, 0.1) is 13.2 Å². The van der Waals surface area contributed by atoms with E-state index in [-0.39, 0.29) is 0 Å². The number of fused-ring (bicyclic) bond motifs is 2. The maximum atomic E-state index is 12.5. The normalized spacial score (nSPS) is 28.8. The predicted molar refractivity (Wildman–Crippen MR) is 77.0 cm³/mol. The van der Waals surface area contributed by atoms with Crippen LogP contribution in [0.15, 0.2) is 12.2 Å². The molecule has 0 aromatic heterocycles. The van der Waals surface area contributed by atoms with E-state index in [4.69, 9.17) is 18.9 Å². The number of esters is 1. The van der Waals surface area contributed by atoms with Crippen molar-refractivity contribution in [1.82, 2.24) is 4.90 Å². The van der Waals surface area contributed by atoms with Crippen LogP contribution in [0.2, 0.25) is 0 Å². The molecule has 7 heteroatoms. The lowest BCUT2D eigenvalue weighted by Gasteiger charge is -2.36. The minimum absolute atomic E-state index is 0.492. The summed E-state index contributed by atoms with van der Waals surface area (Å²) in [6.07, 6.45) is 3.06. The van der Waals surface area contributed by atoms with Gasteiger partial charge in [-0.25, -0.2) is 4.79 Å². The van der Waals surface area contributed by atoms with E-state index in [0.717, 1.165) is 0 Å². The second kappa shape index (κ2) is 5.55. The molecule has 0 aliphatic carbocycles. The molecule has 1 unspecified atom stereocenters. The fraction of sp³-hybridized carbons (Fsp3) is 0.733. The van der Waals surface area contributed by atoms with Crippen LogP contribution in [0, 0.1) is 5.92 Å². The van der Waals surface area contributed by atoms with Gasteiger partial charge in [-0.05, 0) is 20.8 Å². The number of amides is 1. The molecule has 0 spiro atoms. The Bertz CT molecular complexity index is 491. The Kier molecular flexibility index (Phi) is 4.23. The molecule has 22 heavy (non-hydrogen) atoms. The van der Waals surface area contributed by atoms with E-state index in [2.05, 4.69) is 0 Å². The monoisotopic (exact) mass is 313 g/mol. The lowest BCUT2D eigenvalue weighted by Crippen LogP contribution is -2.53. The van der Waals surface area contributed by atoms with Gasteiger partial charge in [-0.3, -0.25) is 9.69 Å². The highest BCUT2D eigenvalue weighted by Crippen LogP contribution is 2.48. The Morgan fingerprint density at radius 2 is 1.68 bits per heavy atom. The Balaban J connectivity index is 2.38.